The summed E-state index contributed by atoms with van der Waals surface area (Å²) in [5.74, 6) is 0.856. The van der Waals surface area contributed by atoms with Crippen molar-refractivity contribution >= 4 is 17.2 Å². The number of rotatable bonds is 4. The lowest BCUT2D eigenvalue weighted by Gasteiger charge is -2.09. The van der Waals surface area contributed by atoms with Gasteiger partial charge in [-0.2, -0.15) is 0 Å². The second-order valence-electron chi connectivity index (χ2n) is 3.14. The van der Waals surface area contributed by atoms with E-state index in [0.29, 0.717) is 11.4 Å². The van der Waals surface area contributed by atoms with Crippen LogP contribution in [0.25, 0.3) is 0 Å². The molecule has 0 unspecified atom stereocenters. The molecule has 0 amide bonds. The van der Waals surface area contributed by atoms with Gasteiger partial charge in [-0.05, 0) is 18.1 Å². The molecular weight excluding hydrogens is 194 g/mol. The maximum absolute atomic E-state index is 5.52. The topological polar surface area (TPSA) is 35.2 Å². The lowest BCUT2D eigenvalue weighted by molar-refractivity contribution is 0.411. The van der Waals surface area contributed by atoms with Gasteiger partial charge in [0, 0.05) is 12.0 Å². The van der Waals surface area contributed by atoms with Gasteiger partial charge in [0.05, 0.1) is 12.1 Å². The Labute approximate surface area is 90.1 Å². The maximum atomic E-state index is 5.52. The Morgan fingerprint density at radius 1 is 1.50 bits per heavy atom. The van der Waals surface area contributed by atoms with Gasteiger partial charge in [0.2, 0.25) is 0 Å². The first-order valence-electron chi connectivity index (χ1n) is 4.61. The fourth-order valence-electron chi connectivity index (χ4n) is 1.38. The van der Waals surface area contributed by atoms with Gasteiger partial charge in [-0.25, -0.2) is 0 Å². The normalized spacial score (nSPS) is 9.86. The predicted octanol–water partition coefficient (Wildman–Crippen LogP) is 2.09. The quantitative estimate of drug-likeness (QED) is 0.771. The first kappa shape index (κ1) is 11.0. The van der Waals surface area contributed by atoms with E-state index < -0.39 is 0 Å². The van der Waals surface area contributed by atoms with Gasteiger partial charge in [0.25, 0.3) is 0 Å². The predicted molar refractivity (Wildman–Crippen MR) is 62.9 cm³/mol. The molecule has 14 heavy (non-hydrogen) atoms. The molecule has 0 fully saturated rings. The zero-order valence-electron chi connectivity index (χ0n) is 8.54. The van der Waals surface area contributed by atoms with E-state index in [4.69, 9.17) is 22.7 Å². The third-order valence-electron chi connectivity index (χ3n) is 2.12. The average Bonchev–Trinajstić information content (AvgIpc) is 2.16. The van der Waals surface area contributed by atoms with Crippen LogP contribution in [0.15, 0.2) is 18.2 Å². The highest BCUT2D eigenvalue weighted by Crippen LogP contribution is 2.20. The van der Waals surface area contributed by atoms with E-state index >= 15 is 0 Å². The van der Waals surface area contributed by atoms with Crippen LogP contribution in [0.2, 0.25) is 0 Å². The lowest BCUT2D eigenvalue weighted by Crippen LogP contribution is -2.12. The molecular formula is C11H15NOS. The number of benzene rings is 1. The SMILES string of the molecule is CCc1ccc(OC)c(CC(N)=S)c1. The third kappa shape index (κ3) is 2.70. The molecule has 3 heteroatoms. The first-order chi connectivity index (χ1) is 6.67. The van der Waals surface area contributed by atoms with E-state index in [0.717, 1.165) is 17.7 Å². The van der Waals surface area contributed by atoms with Crippen molar-refractivity contribution in [2.45, 2.75) is 19.8 Å². The smallest absolute Gasteiger partial charge is 0.122 e. The molecule has 1 aromatic carbocycles. The van der Waals surface area contributed by atoms with Crippen molar-refractivity contribution in [2.75, 3.05) is 7.11 Å². The minimum Gasteiger partial charge on any atom is -0.496 e. The fourth-order valence-corrected chi connectivity index (χ4v) is 1.53. The Balaban J connectivity index is 3.01. The number of methoxy groups -OCH3 is 1. The molecule has 1 aromatic rings. The monoisotopic (exact) mass is 209 g/mol. The van der Waals surface area contributed by atoms with Crippen LogP contribution in [0.1, 0.15) is 18.1 Å². The molecule has 76 valence electrons. The minimum atomic E-state index is 0.497. The molecule has 0 aliphatic heterocycles. The van der Waals surface area contributed by atoms with Gasteiger partial charge < -0.3 is 10.5 Å². The van der Waals surface area contributed by atoms with Crippen molar-refractivity contribution in [3.05, 3.63) is 29.3 Å². The van der Waals surface area contributed by atoms with Crippen LogP contribution in [-0.4, -0.2) is 12.1 Å². The maximum Gasteiger partial charge on any atom is 0.122 e. The summed E-state index contributed by atoms with van der Waals surface area (Å²) in [6, 6.07) is 6.12. The van der Waals surface area contributed by atoms with Crippen molar-refractivity contribution < 1.29 is 4.74 Å². The highest BCUT2D eigenvalue weighted by molar-refractivity contribution is 7.80. The van der Waals surface area contributed by atoms with Crippen LogP contribution in [0.4, 0.5) is 0 Å². The first-order valence-corrected chi connectivity index (χ1v) is 5.02. The summed E-state index contributed by atoms with van der Waals surface area (Å²) in [6.07, 6.45) is 1.61. The molecule has 0 saturated carbocycles. The second-order valence-corrected chi connectivity index (χ2v) is 3.67. The van der Waals surface area contributed by atoms with Crippen LogP contribution in [0, 0.1) is 0 Å². The Kier molecular flexibility index (Phi) is 3.89. The Morgan fingerprint density at radius 3 is 2.71 bits per heavy atom. The number of nitrogens with two attached hydrogens (primary N) is 1. The van der Waals surface area contributed by atoms with Crippen LogP contribution in [0.5, 0.6) is 5.75 Å². The Hall–Kier alpha value is -1.09. The molecule has 2 nitrogen and oxygen atoms in total. The molecule has 1 rings (SSSR count). The summed E-state index contributed by atoms with van der Waals surface area (Å²) in [5, 5.41) is 0. The van der Waals surface area contributed by atoms with Gasteiger partial charge in [0.1, 0.15) is 5.75 Å². The third-order valence-corrected chi connectivity index (χ3v) is 2.26. The summed E-state index contributed by atoms with van der Waals surface area (Å²) >= 11 is 4.89. The average molecular weight is 209 g/mol. The number of hydrogen-bond acceptors (Lipinski definition) is 2. The summed E-state index contributed by atoms with van der Waals surface area (Å²) in [6.45, 7) is 2.12. The van der Waals surface area contributed by atoms with E-state index in [-0.39, 0.29) is 0 Å². The molecule has 0 spiro atoms. The molecule has 0 heterocycles. The van der Waals surface area contributed by atoms with Gasteiger partial charge in [-0.1, -0.05) is 31.3 Å². The van der Waals surface area contributed by atoms with Crippen LogP contribution < -0.4 is 10.5 Å². The number of hydrogen-bond donors (Lipinski definition) is 1. The molecule has 0 aliphatic carbocycles. The standard InChI is InChI=1S/C11H15NOS/c1-3-8-4-5-10(13-2)9(6-8)7-11(12)14/h4-6H,3,7H2,1-2H3,(H2,12,14). The molecule has 0 atom stereocenters. The van der Waals surface area contributed by atoms with Gasteiger partial charge >= 0.3 is 0 Å². The van der Waals surface area contributed by atoms with Crippen molar-refractivity contribution in [1.82, 2.24) is 0 Å². The van der Waals surface area contributed by atoms with Gasteiger partial charge in [0.15, 0.2) is 0 Å². The van der Waals surface area contributed by atoms with Crippen LogP contribution >= 0.6 is 12.2 Å². The summed E-state index contributed by atoms with van der Waals surface area (Å²) in [4.78, 5) is 0.497. The van der Waals surface area contributed by atoms with Gasteiger partial charge in [-0.3, -0.25) is 0 Å². The zero-order valence-corrected chi connectivity index (χ0v) is 9.36. The summed E-state index contributed by atoms with van der Waals surface area (Å²) < 4.78 is 5.23. The van der Waals surface area contributed by atoms with Crippen molar-refractivity contribution in [3.63, 3.8) is 0 Å². The molecule has 0 radical (unpaired) electrons. The largest absolute Gasteiger partial charge is 0.496 e. The Bertz CT molecular complexity index is 336. The van der Waals surface area contributed by atoms with E-state index in [1.54, 1.807) is 7.11 Å². The lowest BCUT2D eigenvalue weighted by atomic mass is 10.1. The molecule has 0 saturated heterocycles. The zero-order chi connectivity index (χ0) is 10.6. The van der Waals surface area contributed by atoms with Crippen LogP contribution in [0.3, 0.4) is 0 Å². The number of aryl methyl sites for hydroxylation is 1. The Morgan fingerprint density at radius 2 is 2.21 bits per heavy atom. The van der Waals surface area contributed by atoms with E-state index in [9.17, 15) is 0 Å². The number of ether oxygens (including phenoxy) is 1. The van der Waals surface area contributed by atoms with Crippen molar-refractivity contribution in [2.24, 2.45) is 5.73 Å². The highest BCUT2D eigenvalue weighted by Gasteiger charge is 2.04. The molecule has 0 aromatic heterocycles. The summed E-state index contributed by atoms with van der Waals surface area (Å²) in [5.41, 5.74) is 7.86. The number of thiocarbonyl (C=S) groups is 1. The highest BCUT2D eigenvalue weighted by atomic mass is 32.1. The van der Waals surface area contributed by atoms with E-state index in [2.05, 4.69) is 19.1 Å². The van der Waals surface area contributed by atoms with E-state index in [1.165, 1.54) is 5.56 Å². The van der Waals surface area contributed by atoms with E-state index in [1.807, 2.05) is 6.07 Å². The molecule has 0 bridgehead atoms. The fraction of sp³-hybridized carbons (Fsp3) is 0.364. The molecule has 0 aliphatic rings. The van der Waals surface area contributed by atoms with Gasteiger partial charge in [-0.15, -0.1) is 0 Å². The van der Waals surface area contributed by atoms with Crippen LogP contribution in [-0.2, 0) is 12.8 Å². The van der Waals surface area contributed by atoms with Crippen molar-refractivity contribution in [1.29, 1.82) is 0 Å². The molecule has 2 N–H and O–H groups in total. The minimum absolute atomic E-state index is 0.497. The summed E-state index contributed by atoms with van der Waals surface area (Å²) in [7, 11) is 1.66. The van der Waals surface area contributed by atoms with Crippen molar-refractivity contribution in [3.8, 4) is 5.75 Å². The second kappa shape index (κ2) is 4.96.